The molecule has 1 N–H and O–H groups in total. The van der Waals surface area contributed by atoms with Crippen molar-refractivity contribution in [2.45, 2.75) is 52.2 Å². The Morgan fingerprint density at radius 1 is 1.33 bits per heavy atom. The number of carbonyl (C=O) groups excluding carboxylic acids is 2. The van der Waals surface area contributed by atoms with Crippen molar-refractivity contribution in [2.75, 3.05) is 6.61 Å². The predicted octanol–water partition coefficient (Wildman–Crippen LogP) is 1.85. The number of nitrogens with one attached hydrogen (secondary N) is 1. The van der Waals surface area contributed by atoms with Crippen molar-refractivity contribution in [3.05, 3.63) is 0 Å². The molecule has 0 aliphatic heterocycles. The Labute approximate surface area is 107 Å². The number of hydrogen-bond donors (Lipinski definition) is 1. The Bertz CT molecular complexity index is 374. The largest absolute Gasteiger partial charge is 0.466 e. The van der Waals surface area contributed by atoms with Gasteiger partial charge in [0.25, 0.3) is 0 Å². The number of esters is 1. The minimum Gasteiger partial charge on any atom is -0.466 e. The van der Waals surface area contributed by atoms with Gasteiger partial charge in [-0.15, -0.1) is 0 Å². The van der Waals surface area contributed by atoms with E-state index >= 15 is 0 Å². The highest BCUT2D eigenvalue weighted by molar-refractivity contribution is 5.69. The number of ether oxygens (including phenoxy) is 2. The molecule has 0 bridgehead atoms. The van der Waals surface area contributed by atoms with Gasteiger partial charge in [-0.25, -0.2) is 4.79 Å². The van der Waals surface area contributed by atoms with Crippen LogP contribution in [-0.4, -0.2) is 30.3 Å². The number of alkyl carbamates (subject to hydrolysis) is 1. The monoisotopic (exact) mass is 255 g/mol. The highest BCUT2D eigenvalue weighted by atomic mass is 16.6. The van der Waals surface area contributed by atoms with Crippen LogP contribution in [0.1, 0.15) is 40.5 Å². The normalized spacial score (nSPS) is 32.9. The highest BCUT2D eigenvalue weighted by Gasteiger charge is 2.71. The quantitative estimate of drug-likeness (QED) is 0.782. The molecule has 0 heterocycles. The van der Waals surface area contributed by atoms with E-state index in [0.717, 1.165) is 12.8 Å². The molecule has 2 aliphatic rings. The first-order valence-corrected chi connectivity index (χ1v) is 6.36. The minimum atomic E-state index is -0.465. The van der Waals surface area contributed by atoms with Crippen LogP contribution >= 0.6 is 0 Å². The third-order valence-corrected chi connectivity index (χ3v) is 3.58. The third-order valence-electron chi connectivity index (χ3n) is 3.58. The summed E-state index contributed by atoms with van der Waals surface area (Å²) in [6.45, 7) is 7.42. The van der Waals surface area contributed by atoms with Crippen LogP contribution in [0, 0.1) is 11.3 Å². The molecular formula is C13H21NO4. The number of rotatable bonds is 3. The second kappa shape index (κ2) is 4.14. The molecule has 0 unspecified atom stereocenters. The molecular weight excluding hydrogens is 234 g/mol. The maximum Gasteiger partial charge on any atom is 0.407 e. The van der Waals surface area contributed by atoms with Gasteiger partial charge < -0.3 is 14.8 Å². The lowest BCUT2D eigenvalue weighted by Crippen LogP contribution is -2.34. The lowest BCUT2D eigenvalue weighted by atomic mass is 10.2. The zero-order chi connectivity index (χ0) is 13.6. The summed E-state index contributed by atoms with van der Waals surface area (Å²) in [6.07, 6.45) is 1.64. The summed E-state index contributed by atoms with van der Waals surface area (Å²) < 4.78 is 10.2. The fraction of sp³-hybridized carbons (Fsp3) is 0.846. The fourth-order valence-electron chi connectivity index (χ4n) is 2.49. The molecule has 2 fully saturated rings. The first kappa shape index (κ1) is 13.2. The Morgan fingerprint density at radius 2 is 2.00 bits per heavy atom. The van der Waals surface area contributed by atoms with E-state index in [-0.39, 0.29) is 23.5 Å². The van der Waals surface area contributed by atoms with Crippen LogP contribution in [0.4, 0.5) is 4.79 Å². The SMILES string of the molecule is CC(=O)OC[C@H]1C[C@@]12C[C@@H]2NC(=O)OC(C)(C)C. The number of amides is 1. The minimum absolute atomic E-state index is 0.187. The third kappa shape index (κ3) is 2.94. The van der Waals surface area contributed by atoms with Gasteiger partial charge in [-0.1, -0.05) is 0 Å². The maximum absolute atomic E-state index is 11.6. The molecule has 2 rings (SSSR count). The second-order valence-electron chi connectivity index (χ2n) is 6.34. The van der Waals surface area contributed by atoms with E-state index in [9.17, 15) is 9.59 Å². The lowest BCUT2D eigenvalue weighted by Gasteiger charge is -2.19. The molecule has 18 heavy (non-hydrogen) atoms. The van der Waals surface area contributed by atoms with Gasteiger partial charge in [-0.3, -0.25) is 4.79 Å². The summed E-state index contributed by atoms with van der Waals surface area (Å²) in [5.41, 5.74) is -0.279. The Morgan fingerprint density at radius 3 is 2.56 bits per heavy atom. The van der Waals surface area contributed by atoms with Crippen LogP contribution in [0.15, 0.2) is 0 Å². The molecule has 5 nitrogen and oxygen atoms in total. The Kier molecular flexibility index (Phi) is 3.03. The molecule has 1 spiro atoms. The summed E-state index contributed by atoms with van der Waals surface area (Å²) in [4.78, 5) is 22.3. The molecule has 102 valence electrons. The summed E-state index contributed by atoms with van der Waals surface area (Å²) >= 11 is 0. The topological polar surface area (TPSA) is 64.6 Å². The zero-order valence-corrected chi connectivity index (χ0v) is 11.4. The molecule has 5 heteroatoms. The zero-order valence-electron chi connectivity index (χ0n) is 11.4. The molecule has 0 saturated heterocycles. The molecule has 0 aromatic heterocycles. The van der Waals surface area contributed by atoms with Crippen LogP contribution in [0.3, 0.4) is 0 Å². The van der Waals surface area contributed by atoms with Gasteiger partial charge >= 0.3 is 12.1 Å². The van der Waals surface area contributed by atoms with Gasteiger partial charge in [0, 0.05) is 18.9 Å². The van der Waals surface area contributed by atoms with Gasteiger partial charge in [0.15, 0.2) is 0 Å². The van der Waals surface area contributed by atoms with Crippen LogP contribution < -0.4 is 5.32 Å². The standard InChI is InChI=1S/C13H21NO4/c1-8(15)17-7-9-5-13(9)6-10(13)14-11(16)18-12(2,3)4/h9-10H,5-7H2,1-4H3,(H,14,16)/t9-,10+,13-/m1/s1. The predicted molar refractivity (Wildman–Crippen MR) is 64.9 cm³/mol. The van der Waals surface area contributed by atoms with E-state index < -0.39 is 5.60 Å². The first-order chi connectivity index (χ1) is 8.23. The van der Waals surface area contributed by atoms with Crippen molar-refractivity contribution in [1.29, 1.82) is 0 Å². The molecule has 0 radical (unpaired) electrons. The van der Waals surface area contributed by atoms with Gasteiger partial charge in [0.05, 0.1) is 6.61 Å². The van der Waals surface area contributed by atoms with Crippen LogP contribution in [0.2, 0.25) is 0 Å². The molecule has 0 aromatic carbocycles. The highest BCUT2D eigenvalue weighted by Crippen LogP contribution is 2.70. The summed E-state index contributed by atoms with van der Waals surface area (Å²) in [5, 5.41) is 2.88. The maximum atomic E-state index is 11.6. The number of carbonyl (C=O) groups is 2. The first-order valence-electron chi connectivity index (χ1n) is 6.36. The van der Waals surface area contributed by atoms with E-state index in [1.54, 1.807) is 0 Å². The molecule has 1 amide bonds. The van der Waals surface area contributed by atoms with Gasteiger partial charge in [-0.2, -0.15) is 0 Å². The van der Waals surface area contributed by atoms with E-state index in [1.807, 2.05) is 20.8 Å². The average molecular weight is 255 g/mol. The summed E-state index contributed by atoms with van der Waals surface area (Å²) in [6, 6.07) is 0.188. The summed E-state index contributed by atoms with van der Waals surface area (Å²) in [7, 11) is 0. The van der Waals surface area contributed by atoms with Crippen molar-refractivity contribution >= 4 is 12.1 Å². The van der Waals surface area contributed by atoms with Gasteiger partial charge in [0.2, 0.25) is 0 Å². The van der Waals surface area contributed by atoms with Crippen LogP contribution in [-0.2, 0) is 14.3 Å². The average Bonchev–Trinajstić information content (AvgIpc) is 3.01. The molecule has 2 aliphatic carbocycles. The van der Waals surface area contributed by atoms with E-state index in [0.29, 0.717) is 12.5 Å². The number of hydrogen-bond acceptors (Lipinski definition) is 4. The Balaban J connectivity index is 1.70. The van der Waals surface area contributed by atoms with Gasteiger partial charge in [0.1, 0.15) is 5.60 Å². The van der Waals surface area contributed by atoms with Crippen LogP contribution in [0.5, 0.6) is 0 Å². The van der Waals surface area contributed by atoms with Crippen LogP contribution in [0.25, 0.3) is 0 Å². The van der Waals surface area contributed by atoms with Gasteiger partial charge in [-0.05, 0) is 39.0 Å². The van der Waals surface area contributed by atoms with Crippen molar-refractivity contribution in [2.24, 2.45) is 11.3 Å². The van der Waals surface area contributed by atoms with E-state index in [2.05, 4.69) is 5.32 Å². The van der Waals surface area contributed by atoms with Crippen molar-refractivity contribution in [3.63, 3.8) is 0 Å². The summed E-state index contributed by atoms with van der Waals surface area (Å²) in [5.74, 6) is 0.163. The second-order valence-corrected chi connectivity index (χ2v) is 6.34. The van der Waals surface area contributed by atoms with E-state index in [4.69, 9.17) is 9.47 Å². The van der Waals surface area contributed by atoms with E-state index in [1.165, 1.54) is 6.92 Å². The van der Waals surface area contributed by atoms with Crippen molar-refractivity contribution in [1.82, 2.24) is 5.32 Å². The van der Waals surface area contributed by atoms with Crippen molar-refractivity contribution in [3.8, 4) is 0 Å². The molecule has 2 saturated carbocycles. The van der Waals surface area contributed by atoms with Crippen molar-refractivity contribution < 1.29 is 19.1 Å². The Hall–Kier alpha value is -1.26. The smallest absolute Gasteiger partial charge is 0.407 e. The molecule has 0 aromatic rings. The lowest BCUT2D eigenvalue weighted by molar-refractivity contribution is -0.141. The fourth-order valence-corrected chi connectivity index (χ4v) is 2.49. The molecule has 3 atom stereocenters.